The van der Waals surface area contributed by atoms with E-state index in [0.29, 0.717) is 17.7 Å². The van der Waals surface area contributed by atoms with Gasteiger partial charge in [0, 0.05) is 23.4 Å². The fraction of sp³-hybridized carbons (Fsp3) is 0.100. The summed E-state index contributed by atoms with van der Waals surface area (Å²) in [5.41, 5.74) is 4.14. The highest BCUT2D eigenvalue weighted by molar-refractivity contribution is 6.08. The number of carboxylic acids is 1. The topological polar surface area (TPSA) is 95.5 Å². The number of rotatable bonds is 10. The molecule has 0 heterocycles. The monoisotopic (exact) mass is 480 g/mol. The molecule has 0 bridgehead atoms. The Hall–Kier alpha value is -4.71. The van der Waals surface area contributed by atoms with E-state index in [-0.39, 0.29) is 23.6 Å². The molecule has 0 unspecified atom stereocenters. The Morgan fingerprint density at radius 3 is 2.28 bits per heavy atom. The maximum absolute atomic E-state index is 13.0. The summed E-state index contributed by atoms with van der Waals surface area (Å²) >= 11 is 0. The third kappa shape index (κ3) is 7.40. The summed E-state index contributed by atoms with van der Waals surface area (Å²) in [6.45, 7) is 5.72. The molecule has 0 saturated carbocycles. The first-order valence-corrected chi connectivity index (χ1v) is 11.5. The highest BCUT2D eigenvalue weighted by Gasteiger charge is 2.16. The first kappa shape index (κ1) is 25.9. The van der Waals surface area contributed by atoms with E-state index >= 15 is 0 Å². The number of nitrogens with one attached hydrogen (secondary N) is 2. The second kappa shape index (κ2) is 12.7. The van der Waals surface area contributed by atoms with E-state index in [1.54, 1.807) is 54.6 Å². The molecule has 3 N–H and O–H groups in total. The molecular weight excluding hydrogens is 452 g/mol. The normalized spacial score (nSPS) is 11.2. The average Bonchev–Trinajstić information content (AvgIpc) is 2.88. The molecule has 36 heavy (non-hydrogen) atoms. The Morgan fingerprint density at radius 1 is 0.917 bits per heavy atom. The lowest BCUT2D eigenvalue weighted by molar-refractivity contribution is -0.137. The van der Waals surface area contributed by atoms with Crippen molar-refractivity contribution in [2.45, 2.75) is 19.8 Å². The molecule has 0 radical (unpaired) electrons. The minimum Gasteiger partial charge on any atom is -0.481 e. The Balaban J connectivity index is 1.70. The number of carbonyl (C=O) groups excluding carboxylic acids is 2. The molecule has 3 rings (SSSR count). The Labute approximate surface area is 210 Å². The van der Waals surface area contributed by atoms with Gasteiger partial charge >= 0.3 is 5.97 Å². The van der Waals surface area contributed by atoms with Gasteiger partial charge < -0.3 is 15.7 Å². The molecule has 3 aromatic rings. The van der Waals surface area contributed by atoms with Crippen molar-refractivity contribution >= 4 is 23.5 Å². The zero-order valence-corrected chi connectivity index (χ0v) is 20.0. The molecule has 0 atom stereocenters. The van der Waals surface area contributed by atoms with Crippen molar-refractivity contribution in [3.63, 3.8) is 0 Å². The molecule has 2 amide bonds. The molecule has 0 fully saturated rings. The second-order valence-corrected chi connectivity index (χ2v) is 8.03. The second-order valence-electron chi connectivity index (χ2n) is 8.03. The maximum atomic E-state index is 13.0. The number of aryl methyl sites for hydroxylation is 1. The summed E-state index contributed by atoms with van der Waals surface area (Å²) in [4.78, 5) is 36.7. The first-order valence-electron chi connectivity index (χ1n) is 11.5. The van der Waals surface area contributed by atoms with Crippen LogP contribution in [0.2, 0.25) is 0 Å². The third-order valence-electron chi connectivity index (χ3n) is 5.36. The van der Waals surface area contributed by atoms with Crippen LogP contribution < -0.4 is 10.6 Å². The summed E-state index contributed by atoms with van der Waals surface area (Å²) in [5.74, 6) is -1.72. The van der Waals surface area contributed by atoms with Crippen molar-refractivity contribution in [1.29, 1.82) is 0 Å². The van der Waals surface area contributed by atoms with E-state index in [0.717, 1.165) is 16.7 Å². The molecule has 0 aliphatic heterocycles. The summed E-state index contributed by atoms with van der Waals surface area (Å²) in [7, 11) is 0. The van der Waals surface area contributed by atoms with Gasteiger partial charge in [-0.2, -0.15) is 0 Å². The summed E-state index contributed by atoms with van der Waals surface area (Å²) in [5, 5.41) is 14.4. The van der Waals surface area contributed by atoms with E-state index in [1.165, 1.54) is 0 Å². The molecule has 3 aromatic carbocycles. The van der Waals surface area contributed by atoms with Crippen LogP contribution in [0.3, 0.4) is 0 Å². The van der Waals surface area contributed by atoms with Crippen LogP contribution in [0, 0.1) is 0 Å². The van der Waals surface area contributed by atoms with Gasteiger partial charge in [0.15, 0.2) is 0 Å². The smallest absolute Gasteiger partial charge is 0.303 e. The van der Waals surface area contributed by atoms with Crippen molar-refractivity contribution in [2.24, 2.45) is 0 Å². The maximum Gasteiger partial charge on any atom is 0.303 e. The van der Waals surface area contributed by atoms with E-state index < -0.39 is 11.9 Å². The molecule has 0 saturated heterocycles. The Kier molecular flexibility index (Phi) is 9.12. The molecule has 0 aliphatic carbocycles. The fourth-order valence-electron chi connectivity index (χ4n) is 3.48. The van der Waals surface area contributed by atoms with Crippen molar-refractivity contribution in [2.75, 3.05) is 5.32 Å². The number of amides is 2. The van der Waals surface area contributed by atoms with Crippen molar-refractivity contribution in [3.8, 4) is 11.1 Å². The van der Waals surface area contributed by atoms with Crippen LogP contribution >= 0.6 is 0 Å². The zero-order chi connectivity index (χ0) is 25.9. The van der Waals surface area contributed by atoms with Gasteiger partial charge in [-0.3, -0.25) is 14.4 Å². The number of carbonyl (C=O) groups is 3. The summed E-state index contributed by atoms with van der Waals surface area (Å²) in [6, 6.07) is 24.0. The molecule has 0 aliphatic rings. The van der Waals surface area contributed by atoms with Crippen LogP contribution in [0.4, 0.5) is 5.69 Å². The van der Waals surface area contributed by atoms with Crippen LogP contribution in [0.25, 0.3) is 11.1 Å². The van der Waals surface area contributed by atoms with Crippen LogP contribution in [-0.4, -0.2) is 22.9 Å². The van der Waals surface area contributed by atoms with Gasteiger partial charge in [0.05, 0.1) is 5.57 Å². The molecule has 6 nitrogen and oxygen atoms in total. The van der Waals surface area contributed by atoms with Gasteiger partial charge in [-0.15, -0.1) is 0 Å². The number of anilines is 1. The van der Waals surface area contributed by atoms with E-state index in [9.17, 15) is 14.4 Å². The SMILES string of the molecule is C=C(NC(=O)c1ccc(-c2ccccc2)cc1)/C(=C\C=C/C)C(=O)Nc1cccc(CCC(=O)O)c1. The van der Waals surface area contributed by atoms with Crippen LogP contribution in [0.15, 0.2) is 115 Å². The van der Waals surface area contributed by atoms with Crippen molar-refractivity contribution < 1.29 is 19.5 Å². The third-order valence-corrected chi connectivity index (χ3v) is 5.36. The number of benzene rings is 3. The fourth-order valence-corrected chi connectivity index (χ4v) is 3.48. The van der Waals surface area contributed by atoms with Gasteiger partial charge in [0.1, 0.15) is 0 Å². The minimum absolute atomic E-state index is 0.000979. The number of hydrogen-bond acceptors (Lipinski definition) is 3. The number of hydrogen-bond donors (Lipinski definition) is 3. The zero-order valence-electron chi connectivity index (χ0n) is 20.0. The van der Waals surface area contributed by atoms with Gasteiger partial charge in [0.2, 0.25) is 0 Å². The number of aliphatic carboxylic acids is 1. The van der Waals surface area contributed by atoms with Gasteiger partial charge in [-0.05, 0) is 60.4 Å². The highest BCUT2D eigenvalue weighted by Crippen LogP contribution is 2.20. The quantitative estimate of drug-likeness (QED) is 0.254. The lowest BCUT2D eigenvalue weighted by Crippen LogP contribution is -2.27. The molecule has 182 valence electrons. The number of carboxylic acid groups (broad SMARTS) is 1. The predicted octanol–water partition coefficient (Wildman–Crippen LogP) is 5.76. The standard InChI is InChI=1S/C30H28N2O4/c1-3-4-13-27(30(36)32-26-12-8-9-22(20-26)14-19-28(33)34)21(2)31-29(35)25-17-15-24(16-18-25)23-10-6-5-7-11-23/h3-13,15-18,20H,2,14,19H2,1H3,(H,31,35)(H,32,36)(H,33,34)/b4-3-,27-13+. The molecule has 6 heteroatoms. The van der Waals surface area contributed by atoms with E-state index in [2.05, 4.69) is 17.2 Å². The van der Waals surface area contributed by atoms with Crippen LogP contribution in [0.5, 0.6) is 0 Å². The van der Waals surface area contributed by atoms with E-state index in [1.807, 2.05) is 49.4 Å². The highest BCUT2D eigenvalue weighted by atomic mass is 16.4. The minimum atomic E-state index is -0.886. The van der Waals surface area contributed by atoms with Gasteiger partial charge in [0.25, 0.3) is 11.8 Å². The summed E-state index contributed by atoms with van der Waals surface area (Å²) < 4.78 is 0. The molecular formula is C30H28N2O4. The van der Waals surface area contributed by atoms with Crippen molar-refractivity contribution in [3.05, 3.63) is 126 Å². The Bertz CT molecular complexity index is 1310. The lowest BCUT2D eigenvalue weighted by Gasteiger charge is -2.13. The van der Waals surface area contributed by atoms with Gasteiger partial charge in [-0.25, -0.2) is 0 Å². The summed E-state index contributed by atoms with van der Waals surface area (Å²) in [6.07, 6.45) is 5.37. The van der Waals surface area contributed by atoms with Crippen LogP contribution in [-0.2, 0) is 16.0 Å². The van der Waals surface area contributed by atoms with Gasteiger partial charge in [-0.1, -0.05) is 73.3 Å². The Morgan fingerprint density at radius 2 is 1.61 bits per heavy atom. The molecule has 0 spiro atoms. The number of allylic oxidation sites excluding steroid dienone is 3. The average molecular weight is 481 g/mol. The van der Waals surface area contributed by atoms with E-state index in [4.69, 9.17) is 5.11 Å². The largest absolute Gasteiger partial charge is 0.481 e. The lowest BCUT2D eigenvalue weighted by atomic mass is 10.0. The molecule has 0 aromatic heterocycles. The van der Waals surface area contributed by atoms with Crippen molar-refractivity contribution in [1.82, 2.24) is 5.32 Å². The predicted molar refractivity (Wildman–Crippen MR) is 142 cm³/mol. The first-order chi connectivity index (χ1) is 17.4. The van der Waals surface area contributed by atoms with Crippen LogP contribution in [0.1, 0.15) is 29.3 Å².